The van der Waals surface area contributed by atoms with Gasteiger partial charge in [0.25, 0.3) is 0 Å². The van der Waals surface area contributed by atoms with E-state index in [4.69, 9.17) is 15.2 Å². The molecule has 0 aliphatic heterocycles. The summed E-state index contributed by atoms with van der Waals surface area (Å²) in [5, 5.41) is 0. The minimum Gasteiger partial charge on any atom is -0.437 e. The van der Waals surface area contributed by atoms with Crippen molar-refractivity contribution in [3.8, 4) is 11.6 Å². The second kappa shape index (κ2) is 5.51. The zero-order valence-electron chi connectivity index (χ0n) is 10.5. The first-order chi connectivity index (χ1) is 8.69. The molecule has 1 aromatic heterocycles. The molecule has 94 valence electrons. The molecule has 18 heavy (non-hydrogen) atoms. The van der Waals surface area contributed by atoms with Crippen molar-refractivity contribution in [2.24, 2.45) is 0 Å². The van der Waals surface area contributed by atoms with Crippen LogP contribution in [0.2, 0.25) is 0 Å². The number of ether oxygens (including phenoxy) is 2. The van der Waals surface area contributed by atoms with E-state index < -0.39 is 0 Å². The minimum absolute atomic E-state index is 0.426. The highest BCUT2D eigenvalue weighted by Gasteiger charge is 2.04. The van der Waals surface area contributed by atoms with Crippen molar-refractivity contribution < 1.29 is 9.47 Å². The third-order valence-corrected chi connectivity index (χ3v) is 2.44. The molecule has 0 amide bonds. The maximum atomic E-state index is 5.85. The molecule has 0 spiro atoms. The number of pyridine rings is 1. The summed E-state index contributed by atoms with van der Waals surface area (Å²) < 4.78 is 10.7. The third-order valence-electron chi connectivity index (χ3n) is 2.44. The van der Waals surface area contributed by atoms with E-state index in [9.17, 15) is 0 Å². The summed E-state index contributed by atoms with van der Waals surface area (Å²) >= 11 is 0. The Kier molecular flexibility index (Phi) is 3.79. The van der Waals surface area contributed by atoms with Gasteiger partial charge in [0, 0.05) is 13.3 Å². The van der Waals surface area contributed by atoms with E-state index in [0.29, 0.717) is 23.9 Å². The van der Waals surface area contributed by atoms with Crippen molar-refractivity contribution in [3.05, 3.63) is 47.7 Å². The average molecular weight is 244 g/mol. The van der Waals surface area contributed by atoms with Gasteiger partial charge in [-0.3, -0.25) is 0 Å². The Morgan fingerprint density at radius 2 is 2.11 bits per heavy atom. The van der Waals surface area contributed by atoms with Gasteiger partial charge < -0.3 is 15.2 Å². The first kappa shape index (κ1) is 12.4. The summed E-state index contributed by atoms with van der Waals surface area (Å²) in [6, 6.07) is 9.49. The van der Waals surface area contributed by atoms with Gasteiger partial charge in [0.1, 0.15) is 5.75 Å². The van der Waals surface area contributed by atoms with E-state index in [2.05, 4.69) is 4.98 Å². The summed E-state index contributed by atoms with van der Waals surface area (Å²) in [6.45, 7) is 2.49. The molecule has 0 atom stereocenters. The van der Waals surface area contributed by atoms with E-state index >= 15 is 0 Å². The van der Waals surface area contributed by atoms with Gasteiger partial charge in [-0.05, 0) is 36.2 Å². The van der Waals surface area contributed by atoms with Gasteiger partial charge >= 0.3 is 0 Å². The molecule has 4 heteroatoms. The van der Waals surface area contributed by atoms with Gasteiger partial charge in [0.15, 0.2) is 0 Å². The summed E-state index contributed by atoms with van der Waals surface area (Å²) in [7, 11) is 1.66. The van der Waals surface area contributed by atoms with Gasteiger partial charge in [0.05, 0.1) is 12.3 Å². The Hall–Kier alpha value is -2.07. The SMILES string of the molecule is COCc1cccc(Oc2ncc(C)cc2N)c1. The van der Waals surface area contributed by atoms with Crippen molar-refractivity contribution in [2.45, 2.75) is 13.5 Å². The highest BCUT2D eigenvalue weighted by atomic mass is 16.5. The van der Waals surface area contributed by atoms with Crippen molar-refractivity contribution in [1.29, 1.82) is 0 Å². The molecule has 0 saturated heterocycles. The summed E-state index contributed by atoms with van der Waals surface area (Å²) in [5.41, 5.74) is 8.44. The maximum absolute atomic E-state index is 5.85. The van der Waals surface area contributed by atoms with Crippen molar-refractivity contribution >= 4 is 5.69 Å². The predicted molar refractivity (Wildman–Crippen MR) is 70.6 cm³/mol. The highest BCUT2D eigenvalue weighted by Crippen LogP contribution is 2.26. The van der Waals surface area contributed by atoms with Crippen LogP contribution in [-0.2, 0) is 11.3 Å². The van der Waals surface area contributed by atoms with Gasteiger partial charge in [-0.25, -0.2) is 4.98 Å². The fourth-order valence-corrected chi connectivity index (χ4v) is 1.64. The van der Waals surface area contributed by atoms with Gasteiger partial charge in [0.2, 0.25) is 5.88 Å². The maximum Gasteiger partial charge on any atom is 0.242 e. The smallest absolute Gasteiger partial charge is 0.242 e. The zero-order valence-corrected chi connectivity index (χ0v) is 10.5. The topological polar surface area (TPSA) is 57.4 Å². The third kappa shape index (κ3) is 2.99. The normalized spacial score (nSPS) is 10.3. The van der Waals surface area contributed by atoms with Crippen LogP contribution in [0.1, 0.15) is 11.1 Å². The number of aryl methyl sites for hydroxylation is 1. The second-order valence-electron chi connectivity index (χ2n) is 4.09. The van der Waals surface area contributed by atoms with Crippen LogP contribution in [-0.4, -0.2) is 12.1 Å². The van der Waals surface area contributed by atoms with Crippen LogP contribution in [0.4, 0.5) is 5.69 Å². The average Bonchev–Trinajstić information content (AvgIpc) is 2.34. The fraction of sp³-hybridized carbons (Fsp3) is 0.214. The molecule has 0 saturated carbocycles. The number of hydrogen-bond donors (Lipinski definition) is 1. The molecule has 0 aliphatic carbocycles. The lowest BCUT2D eigenvalue weighted by Crippen LogP contribution is -1.96. The number of nitrogens with zero attached hydrogens (tertiary/aromatic N) is 1. The van der Waals surface area contributed by atoms with E-state index in [1.807, 2.05) is 37.3 Å². The molecule has 0 bridgehead atoms. The lowest BCUT2D eigenvalue weighted by atomic mass is 10.2. The molecule has 2 N–H and O–H groups in total. The molecule has 0 unspecified atom stereocenters. The molecule has 0 fully saturated rings. The summed E-state index contributed by atoms with van der Waals surface area (Å²) in [6.07, 6.45) is 1.73. The van der Waals surface area contributed by atoms with Gasteiger partial charge in [-0.1, -0.05) is 12.1 Å². The van der Waals surface area contributed by atoms with Crippen molar-refractivity contribution in [2.75, 3.05) is 12.8 Å². The lowest BCUT2D eigenvalue weighted by Gasteiger charge is -2.09. The Balaban J connectivity index is 2.20. The Morgan fingerprint density at radius 3 is 2.83 bits per heavy atom. The molecule has 1 heterocycles. The monoisotopic (exact) mass is 244 g/mol. The number of methoxy groups -OCH3 is 1. The van der Waals surface area contributed by atoms with Crippen LogP contribution < -0.4 is 10.5 Å². The number of benzene rings is 1. The first-order valence-corrected chi connectivity index (χ1v) is 5.67. The molecule has 0 radical (unpaired) electrons. The largest absolute Gasteiger partial charge is 0.437 e. The van der Waals surface area contributed by atoms with Gasteiger partial charge in [-0.2, -0.15) is 0 Å². The Morgan fingerprint density at radius 1 is 1.28 bits per heavy atom. The van der Waals surface area contributed by atoms with Crippen LogP contribution in [0, 0.1) is 6.92 Å². The lowest BCUT2D eigenvalue weighted by molar-refractivity contribution is 0.184. The van der Waals surface area contributed by atoms with E-state index in [-0.39, 0.29) is 0 Å². The van der Waals surface area contributed by atoms with Crippen LogP contribution >= 0.6 is 0 Å². The van der Waals surface area contributed by atoms with E-state index in [0.717, 1.165) is 11.1 Å². The standard InChI is InChI=1S/C14H16N2O2/c1-10-6-13(15)14(16-8-10)18-12-5-3-4-11(7-12)9-17-2/h3-8H,9,15H2,1-2H3. The number of nitrogen functional groups attached to an aromatic ring is 1. The molecule has 0 aliphatic rings. The fourth-order valence-electron chi connectivity index (χ4n) is 1.64. The molecule has 2 rings (SSSR count). The summed E-state index contributed by atoms with van der Waals surface area (Å²) in [5.74, 6) is 1.13. The minimum atomic E-state index is 0.426. The van der Waals surface area contributed by atoms with E-state index in [1.165, 1.54) is 0 Å². The van der Waals surface area contributed by atoms with Crippen LogP contribution in [0.25, 0.3) is 0 Å². The first-order valence-electron chi connectivity index (χ1n) is 5.67. The molecular formula is C14H16N2O2. The number of hydrogen-bond acceptors (Lipinski definition) is 4. The predicted octanol–water partition coefficient (Wildman–Crippen LogP) is 2.91. The van der Waals surface area contributed by atoms with Gasteiger partial charge in [-0.15, -0.1) is 0 Å². The number of anilines is 1. The van der Waals surface area contributed by atoms with Crippen LogP contribution in [0.5, 0.6) is 11.6 Å². The highest BCUT2D eigenvalue weighted by molar-refractivity contribution is 5.50. The van der Waals surface area contributed by atoms with E-state index in [1.54, 1.807) is 13.3 Å². The number of rotatable bonds is 4. The molecule has 4 nitrogen and oxygen atoms in total. The second-order valence-corrected chi connectivity index (χ2v) is 4.09. The van der Waals surface area contributed by atoms with Crippen molar-refractivity contribution in [3.63, 3.8) is 0 Å². The summed E-state index contributed by atoms with van der Waals surface area (Å²) in [4.78, 5) is 4.17. The Labute approximate surface area is 106 Å². The number of aromatic nitrogens is 1. The Bertz CT molecular complexity index is 541. The van der Waals surface area contributed by atoms with Crippen LogP contribution in [0.3, 0.4) is 0 Å². The zero-order chi connectivity index (χ0) is 13.0. The molecule has 1 aromatic carbocycles. The van der Waals surface area contributed by atoms with Crippen LogP contribution in [0.15, 0.2) is 36.5 Å². The molecule has 2 aromatic rings. The van der Waals surface area contributed by atoms with Crippen molar-refractivity contribution in [1.82, 2.24) is 4.98 Å². The quantitative estimate of drug-likeness (QED) is 0.898. The number of nitrogens with two attached hydrogens (primary N) is 1. The molecular weight excluding hydrogens is 228 g/mol.